The third-order valence-electron chi connectivity index (χ3n) is 3.79. The van der Waals surface area contributed by atoms with E-state index in [4.69, 9.17) is 9.84 Å². The van der Waals surface area contributed by atoms with Crippen LogP contribution in [0.4, 0.5) is 11.5 Å². The van der Waals surface area contributed by atoms with Gasteiger partial charge < -0.3 is 14.7 Å². The van der Waals surface area contributed by atoms with E-state index in [9.17, 15) is 4.79 Å². The molecule has 1 heterocycles. The summed E-state index contributed by atoms with van der Waals surface area (Å²) in [6.07, 6.45) is 0. The monoisotopic (exact) mass is 337 g/mol. The topological polar surface area (TPSA) is 75.6 Å². The van der Waals surface area contributed by atoms with Crippen LogP contribution in [-0.2, 0) is 4.79 Å². The lowest BCUT2D eigenvalue weighted by Gasteiger charge is -2.21. The van der Waals surface area contributed by atoms with E-state index < -0.39 is 6.61 Å². The normalized spacial score (nSPS) is 10.7. The largest absolute Gasteiger partial charge is 0.486 e. The molecule has 0 aliphatic rings. The summed E-state index contributed by atoms with van der Waals surface area (Å²) in [5, 5.41) is 9.73. The summed E-state index contributed by atoms with van der Waals surface area (Å²) in [4.78, 5) is 22.2. The maximum atomic E-state index is 11.2. The van der Waals surface area contributed by atoms with Crippen LogP contribution < -0.4 is 9.64 Å². The second-order valence-electron chi connectivity index (χ2n) is 5.65. The van der Waals surface area contributed by atoms with E-state index in [1.807, 2.05) is 61.3 Å². The van der Waals surface area contributed by atoms with E-state index in [1.54, 1.807) is 6.07 Å². The van der Waals surface area contributed by atoms with Gasteiger partial charge in [-0.05, 0) is 31.2 Å². The van der Waals surface area contributed by atoms with Crippen LogP contribution >= 0.6 is 0 Å². The number of aryl methyl sites for hydroxylation is 1. The number of anilines is 2. The summed E-state index contributed by atoms with van der Waals surface area (Å²) in [5.74, 6) is 1.69. The Morgan fingerprint density at radius 2 is 1.96 bits per heavy atom. The molecule has 0 unspecified atom stereocenters. The number of carbonyl (C=O) groups is 1. The highest BCUT2D eigenvalue weighted by molar-refractivity contribution is 5.91. The van der Waals surface area contributed by atoms with Crippen LogP contribution in [0.3, 0.4) is 0 Å². The molecule has 3 rings (SSSR count). The molecule has 0 fully saturated rings. The van der Waals surface area contributed by atoms with Crippen molar-refractivity contribution in [3.8, 4) is 5.75 Å². The summed E-state index contributed by atoms with van der Waals surface area (Å²) in [5.41, 5.74) is 1.76. The molecule has 0 saturated heterocycles. The first kappa shape index (κ1) is 16.9. The van der Waals surface area contributed by atoms with Gasteiger partial charge >= 0.3 is 0 Å². The minimum atomic E-state index is -0.522. The van der Waals surface area contributed by atoms with Crippen molar-refractivity contribution in [3.63, 3.8) is 0 Å². The minimum Gasteiger partial charge on any atom is -0.486 e. The van der Waals surface area contributed by atoms with Crippen LogP contribution in [0.2, 0.25) is 0 Å². The fraction of sp³-hybridized carbons (Fsp3) is 0.211. The number of aliphatic hydroxyl groups excluding tert-OH is 1. The molecule has 0 saturated carbocycles. The van der Waals surface area contributed by atoms with Crippen molar-refractivity contribution in [2.24, 2.45) is 0 Å². The fourth-order valence-electron chi connectivity index (χ4n) is 2.54. The molecule has 2 aromatic carbocycles. The van der Waals surface area contributed by atoms with Gasteiger partial charge in [0.1, 0.15) is 30.6 Å². The Hall–Kier alpha value is -2.99. The number of ketones is 1. The predicted molar refractivity (Wildman–Crippen MR) is 96.4 cm³/mol. The standard InChI is InChI=1S/C19H19N3O3/c1-13-20-18-9-4-3-8-17(18)19(21-13)22(2)14-6-5-7-16(10-14)25-12-15(24)11-23/h3-10,23H,11-12H2,1-2H3. The average molecular weight is 337 g/mol. The highest BCUT2D eigenvalue weighted by Gasteiger charge is 2.12. The fourth-order valence-corrected chi connectivity index (χ4v) is 2.54. The SMILES string of the molecule is Cc1nc(N(C)c2cccc(OCC(=O)CO)c2)c2ccccc2n1. The van der Waals surface area contributed by atoms with E-state index in [0.29, 0.717) is 11.6 Å². The zero-order valence-corrected chi connectivity index (χ0v) is 14.1. The molecule has 25 heavy (non-hydrogen) atoms. The molecular formula is C19H19N3O3. The van der Waals surface area contributed by atoms with Gasteiger partial charge in [-0.1, -0.05) is 18.2 Å². The zero-order valence-electron chi connectivity index (χ0n) is 14.1. The quantitative estimate of drug-likeness (QED) is 0.745. The van der Waals surface area contributed by atoms with Crippen molar-refractivity contribution in [1.29, 1.82) is 0 Å². The molecule has 1 N–H and O–H groups in total. The van der Waals surface area contributed by atoms with E-state index >= 15 is 0 Å². The molecule has 6 heteroatoms. The second-order valence-corrected chi connectivity index (χ2v) is 5.65. The molecule has 0 spiro atoms. The maximum absolute atomic E-state index is 11.2. The van der Waals surface area contributed by atoms with Gasteiger partial charge in [0.25, 0.3) is 0 Å². The van der Waals surface area contributed by atoms with Gasteiger partial charge in [-0.25, -0.2) is 9.97 Å². The van der Waals surface area contributed by atoms with E-state index in [2.05, 4.69) is 9.97 Å². The molecule has 0 radical (unpaired) electrons. The molecule has 1 aromatic heterocycles. The molecule has 0 atom stereocenters. The summed E-state index contributed by atoms with van der Waals surface area (Å²) in [7, 11) is 1.92. The number of aliphatic hydroxyl groups is 1. The number of Topliss-reactive ketones (excluding diaryl/α,β-unsaturated/α-hetero) is 1. The van der Waals surface area contributed by atoms with Gasteiger partial charge in [0.05, 0.1) is 5.52 Å². The van der Waals surface area contributed by atoms with Gasteiger partial charge in [0.15, 0.2) is 5.78 Å². The second kappa shape index (κ2) is 7.27. The minimum absolute atomic E-state index is 0.154. The number of fused-ring (bicyclic) bond motifs is 1. The summed E-state index contributed by atoms with van der Waals surface area (Å²) in [6.45, 7) is 1.19. The van der Waals surface area contributed by atoms with Crippen LogP contribution in [0.5, 0.6) is 5.75 Å². The Kier molecular flexibility index (Phi) is 4.90. The van der Waals surface area contributed by atoms with Crippen LogP contribution in [-0.4, -0.2) is 41.1 Å². The number of nitrogens with zero attached hydrogens (tertiary/aromatic N) is 3. The molecule has 0 aliphatic carbocycles. The van der Waals surface area contributed by atoms with Gasteiger partial charge in [-0.15, -0.1) is 0 Å². The molecular weight excluding hydrogens is 318 g/mol. The van der Waals surface area contributed by atoms with Crippen LogP contribution in [0, 0.1) is 6.92 Å². The number of carbonyl (C=O) groups excluding carboxylic acids is 1. The van der Waals surface area contributed by atoms with Crippen molar-refractivity contribution in [2.75, 3.05) is 25.2 Å². The van der Waals surface area contributed by atoms with Crippen molar-refractivity contribution in [1.82, 2.24) is 9.97 Å². The van der Waals surface area contributed by atoms with Gasteiger partial charge in [-0.2, -0.15) is 0 Å². The van der Waals surface area contributed by atoms with E-state index in [1.165, 1.54) is 0 Å². The summed E-state index contributed by atoms with van der Waals surface area (Å²) < 4.78 is 5.43. The number of hydrogen-bond acceptors (Lipinski definition) is 6. The lowest BCUT2D eigenvalue weighted by Crippen LogP contribution is -2.15. The Labute approximate surface area is 145 Å². The number of aromatic nitrogens is 2. The van der Waals surface area contributed by atoms with E-state index in [-0.39, 0.29) is 12.4 Å². The smallest absolute Gasteiger partial charge is 0.195 e. The number of para-hydroxylation sites is 1. The molecule has 6 nitrogen and oxygen atoms in total. The molecule has 0 bridgehead atoms. The lowest BCUT2D eigenvalue weighted by atomic mass is 10.2. The molecule has 0 aliphatic heterocycles. The molecule has 0 amide bonds. The summed E-state index contributed by atoms with van der Waals surface area (Å²) in [6, 6.07) is 15.2. The molecule has 128 valence electrons. The van der Waals surface area contributed by atoms with Crippen LogP contribution in [0.25, 0.3) is 10.9 Å². The Bertz CT molecular complexity index is 911. The first-order valence-electron chi connectivity index (χ1n) is 7.91. The highest BCUT2D eigenvalue weighted by Crippen LogP contribution is 2.30. The number of hydrogen-bond donors (Lipinski definition) is 1. The zero-order chi connectivity index (χ0) is 17.8. The van der Waals surface area contributed by atoms with Crippen molar-refractivity contribution < 1.29 is 14.6 Å². The average Bonchev–Trinajstić information content (AvgIpc) is 2.65. The van der Waals surface area contributed by atoms with E-state index in [0.717, 1.165) is 22.4 Å². The maximum Gasteiger partial charge on any atom is 0.195 e. The Balaban J connectivity index is 1.93. The first-order valence-corrected chi connectivity index (χ1v) is 7.91. The Morgan fingerprint density at radius 3 is 2.76 bits per heavy atom. The van der Waals surface area contributed by atoms with Crippen molar-refractivity contribution >= 4 is 28.2 Å². The summed E-state index contributed by atoms with van der Waals surface area (Å²) >= 11 is 0. The number of rotatable bonds is 6. The number of ether oxygens (including phenoxy) is 1. The third kappa shape index (κ3) is 3.75. The predicted octanol–water partition coefficient (Wildman–Crippen LogP) is 2.65. The van der Waals surface area contributed by atoms with Crippen LogP contribution in [0.15, 0.2) is 48.5 Å². The van der Waals surface area contributed by atoms with Gasteiger partial charge in [0, 0.05) is 24.2 Å². The molecule has 3 aromatic rings. The lowest BCUT2D eigenvalue weighted by molar-refractivity contribution is -0.123. The van der Waals surface area contributed by atoms with Crippen molar-refractivity contribution in [3.05, 3.63) is 54.4 Å². The Morgan fingerprint density at radius 1 is 1.16 bits per heavy atom. The number of benzene rings is 2. The van der Waals surface area contributed by atoms with Gasteiger partial charge in [0.2, 0.25) is 0 Å². The van der Waals surface area contributed by atoms with Crippen molar-refractivity contribution in [2.45, 2.75) is 6.92 Å². The highest BCUT2D eigenvalue weighted by atomic mass is 16.5. The van der Waals surface area contributed by atoms with Gasteiger partial charge in [-0.3, -0.25) is 4.79 Å². The first-order chi connectivity index (χ1) is 12.1. The van der Waals surface area contributed by atoms with Crippen LogP contribution in [0.1, 0.15) is 5.82 Å². The third-order valence-corrected chi connectivity index (χ3v) is 3.79.